The molecule has 3 rings (SSSR count). The maximum absolute atomic E-state index is 12.7. The summed E-state index contributed by atoms with van der Waals surface area (Å²) in [5.74, 6) is -0.811. The van der Waals surface area contributed by atoms with Gasteiger partial charge in [0.15, 0.2) is 0 Å². The molecule has 5 nitrogen and oxygen atoms in total. The number of allylic oxidation sites excluding steroid dienone is 3. The first-order chi connectivity index (χ1) is 17.1. The first kappa shape index (κ1) is 27.7. The van der Waals surface area contributed by atoms with E-state index in [1.54, 1.807) is 18.2 Å². The minimum atomic E-state index is -0.671. The third-order valence-electron chi connectivity index (χ3n) is 5.86. The van der Waals surface area contributed by atoms with Gasteiger partial charge < -0.3 is 15.4 Å². The van der Waals surface area contributed by atoms with Gasteiger partial charge in [-0.1, -0.05) is 79.3 Å². The van der Waals surface area contributed by atoms with Crippen LogP contribution in [0.5, 0.6) is 0 Å². The lowest BCUT2D eigenvalue weighted by molar-refractivity contribution is -0.142. The summed E-state index contributed by atoms with van der Waals surface area (Å²) in [6, 6.07) is 12.5. The van der Waals surface area contributed by atoms with Crippen LogP contribution in [0, 0.1) is 6.92 Å². The van der Waals surface area contributed by atoms with Gasteiger partial charge in [-0.25, -0.2) is 4.79 Å². The molecule has 0 radical (unpaired) electrons. The molecule has 0 bridgehead atoms. The highest BCUT2D eigenvalue weighted by Gasteiger charge is 2.24. The molecule has 0 heterocycles. The lowest BCUT2D eigenvalue weighted by Gasteiger charge is -2.21. The number of ether oxygens (including phenoxy) is 1. The van der Waals surface area contributed by atoms with Gasteiger partial charge in [0.05, 0.1) is 17.7 Å². The number of rotatable bonds is 8. The van der Waals surface area contributed by atoms with Gasteiger partial charge in [-0.2, -0.15) is 0 Å². The Bertz CT molecular complexity index is 1270. The maximum atomic E-state index is 12.7. The SMILES string of the molecule is C=C1C=C(Cl)C(C(=O)Nc2ccc(CC(NC(=S)c3c(C)cccc3CC)C(=O)OC)cc2)=C(Cl)C1. The highest BCUT2D eigenvalue weighted by atomic mass is 35.5. The normalized spacial score (nSPS) is 14.1. The molecular weight excluding hydrogens is 515 g/mol. The van der Waals surface area contributed by atoms with Gasteiger partial charge in [0.2, 0.25) is 0 Å². The van der Waals surface area contributed by atoms with Crippen LogP contribution in [0.15, 0.2) is 76.3 Å². The third kappa shape index (κ3) is 6.64. The number of carbonyl (C=O) groups excluding carboxylic acids is 2. The molecule has 0 fully saturated rings. The van der Waals surface area contributed by atoms with Gasteiger partial charge in [0.1, 0.15) is 11.0 Å². The molecule has 2 N–H and O–H groups in total. The number of nitrogens with one attached hydrogen (secondary N) is 2. The lowest BCUT2D eigenvalue weighted by atomic mass is 9.99. The van der Waals surface area contributed by atoms with Crippen LogP contribution >= 0.6 is 35.4 Å². The molecule has 1 amide bonds. The van der Waals surface area contributed by atoms with Crippen LogP contribution < -0.4 is 10.6 Å². The predicted octanol–water partition coefficient (Wildman–Crippen LogP) is 6.12. The topological polar surface area (TPSA) is 67.4 Å². The second kappa shape index (κ2) is 12.3. The van der Waals surface area contributed by atoms with Crippen molar-refractivity contribution in [2.45, 2.75) is 39.2 Å². The summed E-state index contributed by atoms with van der Waals surface area (Å²) in [7, 11) is 1.35. The average molecular weight is 544 g/mol. The fourth-order valence-corrected chi connectivity index (χ4v) is 5.22. The zero-order valence-electron chi connectivity index (χ0n) is 20.4. The molecule has 1 unspecified atom stereocenters. The zero-order chi connectivity index (χ0) is 26.4. The zero-order valence-corrected chi connectivity index (χ0v) is 22.7. The molecule has 2 aromatic rings. The molecule has 0 saturated heterocycles. The van der Waals surface area contributed by atoms with E-state index < -0.39 is 17.9 Å². The van der Waals surface area contributed by atoms with E-state index in [4.69, 9.17) is 40.2 Å². The van der Waals surface area contributed by atoms with Crippen LogP contribution in [0.1, 0.15) is 35.6 Å². The number of amides is 1. The lowest BCUT2D eigenvalue weighted by Crippen LogP contribution is -2.43. The van der Waals surface area contributed by atoms with Crippen molar-refractivity contribution in [2.75, 3.05) is 12.4 Å². The summed E-state index contributed by atoms with van der Waals surface area (Å²) < 4.78 is 5.02. The quantitative estimate of drug-likeness (QED) is 0.310. The Labute approximate surface area is 227 Å². The summed E-state index contributed by atoms with van der Waals surface area (Å²) in [5, 5.41) is 6.61. The van der Waals surface area contributed by atoms with Crippen molar-refractivity contribution in [3.8, 4) is 0 Å². The molecule has 1 aliphatic rings. The second-order valence-electron chi connectivity index (χ2n) is 8.47. The van der Waals surface area contributed by atoms with Gasteiger partial charge in [-0.3, -0.25) is 4.79 Å². The van der Waals surface area contributed by atoms with E-state index in [9.17, 15) is 9.59 Å². The fourth-order valence-electron chi connectivity index (χ4n) is 4.02. The van der Waals surface area contributed by atoms with Crippen molar-refractivity contribution < 1.29 is 14.3 Å². The molecule has 8 heteroatoms. The summed E-state index contributed by atoms with van der Waals surface area (Å²) >= 11 is 18.1. The van der Waals surface area contributed by atoms with Crippen molar-refractivity contribution in [1.29, 1.82) is 0 Å². The number of benzene rings is 2. The second-order valence-corrected chi connectivity index (χ2v) is 9.75. The van der Waals surface area contributed by atoms with Crippen molar-refractivity contribution in [3.05, 3.63) is 98.6 Å². The number of carbonyl (C=O) groups is 2. The number of methoxy groups -OCH3 is 1. The largest absolute Gasteiger partial charge is 0.467 e. The first-order valence-corrected chi connectivity index (χ1v) is 12.6. The molecular formula is C28H28Cl2N2O3S. The van der Waals surface area contributed by atoms with E-state index in [0.29, 0.717) is 28.5 Å². The molecule has 0 spiro atoms. The van der Waals surface area contributed by atoms with Crippen LogP contribution in [-0.4, -0.2) is 30.0 Å². The van der Waals surface area contributed by atoms with E-state index in [-0.39, 0.29) is 10.6 Å². The van der Waals surface area contributed by atoms with Gasteiger partial charge in [0, 0.05) is 29.1 Å². The van der Waals surface area contributed by atoms with E-state index in [1.165, 1.54) is 7.11 Å². The Morgan fingerprint density at radius 3 is 2.47 bits per heavy atom. The van der Waals surface area contributed by atoms with E-state index in [1.807, 2.05) is 37.3 Å². The monoisotopic (exact) mass is 542 g/mol. The van der Waals surface area contributed by atoms with E-state index in [0.717, 1.165) is 34.2 Å². The molecule has 188 valence electrons. The Morgan fingerprint density at radius 2 is 1.86 bits per heavy atom. The third-order valence-corrected chi connectivity index (χ3v) is 6.80. The van der Waals surface area contributed by atoms with Crippen molar-refractivity contribution in [3.63, 3.8) is 0 Å². The van der Waals surface area contributed by atoms with Gasteiger partial charge in [-0.05, 0) is 53.8 Å². The summed E-state index contributed by atoms with van der Waals surface area (Å²) in [6.07, 6.45) is 3.19. The fraction of sp³-hybridized carbons (Fsp3) is 0.250. The molecule has 36 heavy (non-hydrogen) atoms. The number of hydrogen-bond donors (Lipinski definition) is 2. The smallest absolute Gasteiger partial charge is 0.328 e. The van der Waals surface area contributed by atoms with Crippen LogP contribution in [0.4, 0.5) is 5.69 Å². The molecule has 2 aromatic carbocycles. The minimum absolute atomic E-state index is 0.237. The summed E-state index contributed by atoms with van der Waals surface area (Å²) in [4.78, 5) is 25.8. The van der Waals surface area contributed by atoms with Crippen LogP contribution in [0.25, 0.3) is 0 Å². The Hall–Kier alpha value is -2.93. The number of hydrogen-bond acceptors (Lipinski definition) is 4. The summed E-state index contributed by atoms with van der Waals surface area (Å²) in [6.45, 7) is 7.90. The molecule has 0 aliphatic heterocycles. The van der Waals surface area contributed by atoms with E-state index >= 15 is 0 Å². The standard InChI is InChI=1S/C28H28Cl2N2O3S/c1-5-19-8-6-7-17(3)24(19)27(36)32-23(28(34)35-4)15-18-9-11-20(12-10-18)31-26(33)25-21(29)13-16(2)14-22(25)30/h6-13,23H,2,5,14-15H2,1,3-4H3,(H,31,33)(H,32,36). The van der Waals surface area contributed by atoms with Gasteiger partial charge in [-0.15, -0.1) is 0 Å². The molecule has 1 aliphatic carbocycles. The first-order valence-electron chi connectivity index (χ1n) is 11.5. The minimum Gasteiger partial charge on any atom is -0.467 e. The van der Waals surface area contributed by atoms with Crippen molar-refractivity contribution in [1.82, 2.24) is 5.32 Å². The number of halogens is 2. The van der Waals surface area contributed by atoms with Crippen LogP contribution in [-0.2, 0) is 27.2 Å². The average Bonchev–Trinajstić information content (AvgIpc) is 2.83. The molecule has 0 saturated carbocycles. The highest BCUT2D eigenvalue weighted by Crippen LogP contribution is 2.33. The maximum Gasteiger partial charge on any atom is 0.328 e. The Kier molecular flexibility index (Phi) is 9.49. The van der Waals surface area contributed by atoms with Crippen LogP contribution in [0.3, 0.4) is 0 Å². The number of esters is 1. The highest BCUT2D eigenvalue weighted by molar-refractivity contribution is 7.80. The molecule has 1 atom stereocenters. The Morgan fingerprint density at radius 1 is 1.17 bits per heavy atom. The number of aryl methyl sites for hydroxylation is 2. The Balaban J connectivity index is 1.72. The van der Waals surface area contributed by atoms with Crippen molar-refractivity contribution >= 4 is 58.0 Å². The predicted molar refractivity (Wildman–Crippen MR) is 151 cm³/mol. The number of thiocarbonyl (C=S) groups is 1. The summed E-state index contributed by atoms with van der Waals surface area (Å²) in [5.41, 5.74) is 5.51. The van der Waals surface area contributed by atoms with E-state index in [2.05, 4.69) is 24.1 Å². The van der Waals surface area contributed by atoms with Gasteiger partial charge in [0.25, 0.3) is 5.91 Å². The van der Waals surface area contributed by atoms with Crippen LogP contribution in [0.2, 0.25) is 0 Å². The van der Waals surface area contributed by atoms with Crippen molar-refractivity contribution in [2.24, 2.45) is 0 Å². The van der Waals surface area contributed by atoms with Gasteiger partial charge >= 0.3 is 5.97 Å². The molecule has 0 aromatic heterocycles. The number of anilines is 1.